The zero-order valence-electron chi connectivity index (χ0n) is 27.0. The van der Waals surface area contributed by atoms with Crippen molar-refractivity contribution in [1.29, 1.82) is 0 Å². The summed E-state index contributed by atoms with van der Waals surface area (Å²) in [5, 5.41) is 20.4. The fourth-order valence-electron chi connectivity index (χ4n) is 4.24. The van der Waals surface area contributed by atoms with Gasteiger partial charge in [0.1, 0.15) is 6.61 Å². The van der Waals surface area contributed by atoms with E-state index in [4.69, 9.17) is 19.3 Å². The van der Waals surface area contributed by atoms with E-state index in [1.807, 2.05) is 12.2 Å². The first-order valence-electron chi connectivity index (χ1n) is 16.4. The number of hydrogen-bond acceptors (Lipinski definition) is 8. The molecule has 0 fully saturated rings. The molecule has 2 unspecified atom stereocenters. The number of allylic oxidation sites excluding steroid dienone is 5. The lowest BCUT2D eigenvalue weighted by molar-refractivity contribution is -0.161. The summed E-state index contributed by atoms with van der Waals surface area (Å²) in [5.41, 5.74) is 0. The molecule has 0 aromatic heterocycles. The van der Waals surface area contributed by atoms with Crippen LogP contribution in [-0.2, 0) is 28.2 Å². The predicted octanol–water partition coefficient (Wildman–Crippen LogP) is 7.00. The van der Waals surface area contributed by atoms with Crippen LogP contribution in [0.3, 0.4) is 0 Å². The van der Waals surface area contributed by atoms with Crippen LogP contribution in [0.4, 0.5) is 0 Å². The molecule has 3 atom stereocenters. The van der Waals surface area contributed by atoms with Gasteiger partial charge in [-0.25, -0.2) is 4.57 Å². The van der Waals surface area contributed by atoms with Crippen molar-refractivity contribution < 1.29 is 48.2 Å². The van der Waals surface area contributed by atoms with E-state index in [2.05, 4.69) is 42.7 Å². The quantitative estimate of drug-likeness (QED) is 0.0288. The van der Waals surface area contributed by atoms with E-state index in [9.17, 15) is 24.4 Å². The molecule has 0 amide bonds. The molecule has 0 heterocycles. The van der Waals surface area contributed by atoms with Crippen LogP contribution in [0.2, 0.25) is 0 Å². The summed E-state index contributed by atoms with van der Waals surface area (Å²) in [4.78, 5) is 42.4. The number of aliphatic hydroxyl groups excluding tert-OH is 2. The molecule has 0 aliphatic rings. The minimum Gasteiger partial charge on any atom is -0.462 e. The van der Waals surface area contributed by atoms with Crippen molar-refractivity contribution in [3.8, 4) is 0 Å². The summed E-state index contributed by atoms with van der Waals surface area (Å²) in [6.07, 6.45) is 23.7. The lowest BCUT2D eigenvalue weighted by atomic mass is 10.0. The molecule has 11 heteroatoms. The Kier molecular flexibility index (Phi) is 27.5. The van der Waals surface area contributed by atoms with Crippen molar-refractivity contribution in [3.05, 3.63) is 36.5 Å². The smallest absolute Gasteiger partial charge is 0.462 e. The van der Waals surface area contributed by atoms with E-state index in [0.29, 0.717) is 12.8 Å². The van der Waals surface area contributed by atoms with Crippen LogP contribution in [0.5, 0.6) is 0 Å². The van der Waals surface area contributed by atoms with Gasteiger partial charge in [0.25, 0.3) is 0 Å². The van der Waals surface area contributed by atoms with Gasteiger partial charge in [0.05, 0.1) is 18.8 Å². The summed E-state index contributed by atoms with van der Waals surface area (Å²) < 4.78 is 25.9. The van der Waals surface area contributed by atoms with Crippen LogP contribution in [-0.4, -0.2) is 63.5 Å². The summed E-state index contributed by atoms with van der Waals surface area (Å²) in [6.45, 7) is 3.30. The molecule has 44 heavy (non-hydrogen) atoms. The normalized spacial score (nSPS) is 14.4. The maximum Gasteiger partial charge on any atom is 0.469 e. The Balaban J connectivity index is 4.28. The lowest BCUT2D eigenvalue weighted by Crippen LogP contribution is -2.29. The van der Waals surface area contributed by atoms with E-state index in [-0.39, 0.29) is 25.7 Å². The molecule has 4 N–H and O–H groups in total. The van der Waals surface area contributed by atoms with Gasteiger partial charge in [0.15, 0.2) is 6.10 Å². The molecule has 0 aromatic rings. The number of rotatable bonds is 29. The Morgan fingerprint density at radius 2 is 1.25 bits per heavy atom. The Bertz CT molecular complexity index is 852. The minimum absolute atomic E-state index is 0.0461. The van der Waals surface area contributed by atoms with Crippen LogP contribution >= 0.6 is 7.82 Å². The molecule has 256 valence electrons. The van der Waals surface area contributed by atoms with E-state index in [0.717, 1.165) is 44.9 Å². The maximum absolute atomic E-state index is 12.2. The fraction of sp³-hybridized carbons (Fsp3) is 0.758. The van der Waals surface area contributed by atoms with Gasteiger partial charge in [0.2, 0.25) is 0 Å². The third kappa shape index (κ3) is 28.9. The number of aliphatic hydroxyl groups is 2. The van der Waals surface area contributed by atoms with Crippen molar-refractivity contribution in [1.82, 2.24) is 0 Å². The van der Waals surface area contributed by atoms with Crippen LogP contribution in [0.1, 0.15) is 129 Å². The first kappa shape index (κ1) is 42.2. The van der Waals surface area contributed by atoms with Gasteiger partial charge < -0.3 is 29.5 Å². The number of unbranched alkanes of at least 4 members (excludes halogenated alkanes) is 9. The number of ether oxygens (including phenoxy) is 2. The van der Waals surface area contributed by atoms with E-state index < -0.39 is 51.3 Å². The largest absolute Gasteiger partial charge is 0.469 e. The van der Waals surface area contributed by atoms with Gasteiger partial charge in [-0.15, -0.1) is 0 Å². The van der Waals surface area contributed by atoms with Crippen molar-refractivity contribution in [2.75, 3.05) is 13.2 Å². The highest BCUT2D eigenvalue weighted by Crippen LogP contribution is 2.35. The predicted molar refractivity (Wildman–Crippen MR) is 173 cm³/mol. The zero-order valence-corrected chi connectivity index (χ0v) is 27.9. The molecule has 0 bridgehead atoms. The molecule has 0 aromatic carbocycles. The second-order valence-corrected chi connectivity index (χ2v) is 12.3. The SMILES string of the molecule is CCCCC/C=C\C/C=C\C/C=C\CC(O)C(O)CCCC(=O)OC[C@H](COP(=O)(O)O)OC(=O)CCCCCCCCC. The van der Waals surface area contributed by atoms with E-state index in [1.54, 1.807) is 0 Å². The molecule has 0 spiro atoms. The van der Waals surface area contributed by atoms with E-state index in [1.165, 1.54) is 32.1 Å². The second-order valence-electron chi connectivity index (χ2n) is 11.1. The molecular weight excluding hydrogens is 587 g/mol. The Hall–Kier alpha value is -1.81. The standard InChI is InChI=1S/C33H59O10P/c1-3-5-7-9-11-12-13-14-15-17-18-20-23-30(34)31(35)24-22-26-32(36)41-27-29(28-42-44(38,39)40)43-33(37)25-21-19-16-10-8-6-4-2/h11-12,14-15,18,20,29-31,34-35H,3-10,13,16-17,19,21-28H2,1-2H3,(H2,38,39,40)/b12-11-,15-14-,20-18-/t29-,30?,31?/m1/s1. The van der Waals surface area contributed by atoms with Crippen LogP contribution in [0.25, 0.3) is 0 Å². The summed E-state index contributed by atoms with van der Waals surface area (Å²) >= 11 is 0. The molecule has 0 saturated heterocycles. The highest BCUT2D eigenvalue weighted by Gasteiger charge is 2.23. The van der Waals surface area contributed by atoms with Gasteiger partial charge in [-0.2, -0.15) is 0 Å². The highest BCUT2D eigenvalue weighted by molar-refractivity contribution is 7.46. The molecule has 10 nitrogen and oxygen atoms in total. The molecular formula is C33H59O10P. The molecule has 0 rings (SSSR count). The van der Waals surface area contributed by atoms with Crippen molar-refractivity contribution in [2.24, 2.45) is 0 Å². The fourth-order valence-corrected chi connectivity index (χ4v) is 4.60. The number of phosphoric ester groups is 1. The van der Waals surface area contributed by atoms with E-state index >= 15 is 0 Å². The Morgan fingerprint density at radius 3 is 1.91 bits per heavy atom. The number of esters is 2. The summed E-state index contributed by atoms with van der Waals surface area (Å²) in [7, 11) is -4.80. The first-order chi connectivity index (χ1) is 21.1. The zero-order chi connectivity index (χ0) is 32.9. The van der Waals surface area contributed by atoms with Gasteiger partial charge in [-0.3, -0.25) is 14.1 Å². The Labute approximate surface area is 265 Å². The molecule has 0 aliphatic carbocycles. The molecule has 0 radical (unpaired) electrons. The average Bonchev–Trinajstić information content (AvgIpc) is 2.98. The molecule has 0 aliphatic heterocycles. The topological polar surface area (TPSA) is 160 Å². The van der Waals surface area contributed by atoms with Crippen molar-refractivity contribution in [3.63, 3.8) is 0 Å². The Morgan fingerprint density at radius 1 is 0.682 bits per heavy atom. The number of hydrogen-bond donors (Lipinski definition) is 4. The summed E-state index contributed by atoms with van der Waals surface area (Å²) in [6, 6.07) is 0. The first-order valence-corrected chi connectivity index (χ1v) is 18.0. The monoisotopic (exact) mass is 646 g/mol. The van der Waals surface area contributed by atoms with Gasteiger partial charge in [-0.05, 0) is 51.4 Å². The van der Waals surface area contributed by atoms with Gasteiger partial charge in [-0.1, -0.05) is 102 Å². The lowest BCUT2D eigenvalue weighted by Gasteiger charge is -2.19. The van der Waals surface area contributed by atoms with Gasteiger partial charge >= 0.3 is 19.8 Å². The maximum atomic E-state index is 12.2. The molecule has 0 saturated carbocycles. The third-order valence-electron chi connectivity index (χ3n) is 6.86. The van der Waals surface area contributed by atoms with Crippen molar-refractivity contribution in [2.45, 2.75) is 148 Å². The number of carbonyl (C=O) groups is 2. The van der Waals surface area contributed by atoms with Crippen LogP contribution in [0, 0.1) is 0 Å². The minimum atomic E-state index is -4.80. The summed E-state index contributed by atoms with van der Waals surface area (Å²) in [5.74, 6) is -1.18. The highest BCUT2D eigenvalue weighted by atomic mass is 31.2. The van der Waals surface area contributed by atoms with Crippen LogP contribution < -0.4 is 0 Å². The van der Waals surface area contributed by atoms with Gasteiger partial charge in [0, 0.05) is 12.8 Å². The second kappa shape index (κ2) is 28.6. The van der Waals surface area contributed by atoms with Crippen molar-refractivity contribution >= 4 is 19.8 Å². The van der Waals surface area contributed by atoms with Crippen LogP contribution in [0.15, 0.2) is 36.5 Å². The number of phosphoric acid groups is 1. The average molecular weight is 647 g/mol. The number of carbonyl (C=O) groups excluding carboxylic acids is 2. The third-order valence-corrected chi connectivity index (χ3v) is 7.35.